The van der Waals surface area contributed by atoms with Gasteiger partial charge in [0.2, 0.25) is 0 Å². The maximum absolute atomic E-state index is 13.2. The number of benzene rings is 3. The number of anilines is 2. The Kier molecular flexibility index (Phi) is 8.16. The summed E-state index contributed by atoms with van der Waals surface area (Å²) < 4.78 is 5.38. The van der Waals surface area contributed by atoms with Gasteiger partial charge in [0.1, 0.15) is 0 Å². The van der Waals surface area contributed by atoms with Crippen molar-refractivity contribution in [2.24, 2.45) is 0 Å². The molecule has 1 aliphatic heterocycles. The summed E-state index contributed by atoms with van der Waals surface area (Å²) in [4.78, 5) is 28.2. The molecule has 0 atom stereocenters. The zero-order valence-corrected chi connectivity index (χ0v) is 20.5. The lowest BCUT2D eigenvalue weighted by Crippen LogP contribution is -2.33. The van der Waals surface area contributed by atoms with Gasteiger partial charge in [0, 0.05) is 49.8 Å². The van der Waals surface area contributed by atoms with Gasteiger partial charge in [-0.05, 0) is 68.1 Å². The van der Waals surface area contributed by atoms with Crippen molar-refractivity contribution in [3.63, 3.8) is 0 Å². The molecule has 3 aromatic rings. The van der Waals surface area contributed by atoms with E-state index in [0.29, 0.717) is 36.6 Å². The Morgan fingerprint density at radius 3 is 2.51 bits per heavy atom. The predicted molar refractivity (Wildman–Crippen MR) is 140 cm³/mol. The lowest BCUT2D eigenvalue weighted by Gasteiger charge is -2.32. The molecule has 6 nitrogen and oxygen atoms in total. The molecular formula is C29H33N3O3. The van der Waals surface area contributed by atoms with Crippen molar-refractivity contribution >= 4 is 23.2 Å². The van der Waals surface area contributed by atoms with Crippen LogP contribution in [0, 0.1) is 6.92 Å². The molecule has 0 fully saturated rings. The number of hydrogen-bond acceptors (Lipinski definition) is 4. The molecule has 0 radical (unpaired) electrons. The first kappa shape index (κ1) is 24.5. The fourth-order valence-electron chi connectivity index (χ4n) is 4.30. The molecular weight excluding hydrogens is 438 g/mol. The van der Waals surface area contributed by atoms with E-state index in [9.17, 15) is 9.59 Å². The van der Waals surface area contributed by atoms with Gasteiger partial charge < -0.3 is 20.3 Å². The summed E-state index contributed by atoms with van der Waals surface area (Å²) in [6.07, 6.45) is 1.67. The fraction of sp³-hybridized carbons (Fsp3) is 0.310. The van der Waals surface area contributed by atoms with Crippen LogP contribution in [0.1, 0.15) is 50.8 Å². The number of aryl methyl sites for hydroxylation is 1. The quantitative estimate of drug-likeness (QED) is 0.433. The minimum atomic E-state index is -0.201. The van der Waals surface area contributed by atoms with E-state index in [2.05, 4.69) is 39.8 Å². The summed E-state index contributed by atoms with van der Waals surface area (Å²) in [6.45, 7) is 7.32. The van der Waals surface area contributed by atoms with Crippen LogP contribution in [0.3, 0.4) is 0 Å². The van der Waals surface area contributed by atoms with Crippen molar-refractivity contribution in [3.8, 4) is 0 Å². The minimum absolute atomic E-state index is 0.151. The van der Waals surface area contributed by atoms with E-state index in [-0.39, 0.29) is 11.8 Å². The number of nitrogens with one attached hydrogen (secondary N) is 2. The summed E-state index contributed by atoms with van der Waals surface area (Å²) in [5.41, 5.74) is 6.33. The molecule has 182 valence electrons. The van der Waals surface area contributed by atoms with Crippen LogP contribution in [0.15, 0.2) is 66.7 Å². The Morgan fingerprint density at radius 1 is 0.971 bits per heavy atom. The highest BCUT2D eigenvalue weighted by Gasteiger charge is 2.22. The van der Waals surface area contributed by atoms with E-state index < -0.39 is 0 Å². The smallest absolute Gasteiger partial charge is 0.255 e. The van der Waals surface area contributed by atoms with Gasteiger partial charge in [0.25, 0.3) is 11.8 Å². The second-order valence-electron chi connectivity index (χ2n) is 8.80. The van der Waals surface area contributed by atoms with Crippen molar-refractivity contribution in [1.82, 2.24) is 5.32 Å². The average molecular weight is 472 g/mol. The van der Waals surface area contributed by atoms with E-state index in [0.717, 1.165) is 37.2 Å². The van der Waals surface area contributed by atoms with Gasteiger partial charge in [-0.2, -0.15) is 0 Å². The Bertz CT molecular complexity index is 1170. The number of ether oxygens (including phenoxy) is 1. The maximum atomic E-state index is 13.2. The second kappa shape index (κ2) is 11.7. The summed E-state index contributed by atoms with van der Waals surface area (Å²) in [5.74, 6) is -0.352. The molecule has 0 spiro atoms. The van der Waals surface area contributed by atoms with Crippen LogP contribution in [0.25, 0.3) is 0 Å². The van der Waals surface area contributed by atoms with Gasteiger partial charge in [-0.25, -0.2) is 0 Å². The highest BCUT2D eigenvalue weighted by atomic mass is 16.5. The molecule has 4 rings (SSSR count). The topological polar surface area (TPSA) is 70.7 Å². The Labute approximate surface area is 207 Å². The van der Waals surface area contributed by atoms with Crippen molar-refractivity contribution in [2.45, 2.75) is 33.2 Å². The zero-order chi connectivity index (χ0) is 24.6. The molecule has 35 heavy (non-hydrogen) atoms. The maximum Gasteiger partial charge on any atom is 0.255 e. The third-order valence-corrected chi connectivity index (χ3v) is 6.24. The molecule has 0 aromatic heterocycles. The SMILES string of the molecule is CCOCCCNC(=O)c1cc(NC(=O)c2ccc(C)cc2)ccc1N1CCc2ccccc2C1. The molecule has 1 aliphatic rings. The summed E-state index contributed by atoms with van der Waals surface area (Å²) in [5, 5.41) is 5.96. The van der Waals surface area contributed by atoms with Crippen LogP contribution >= 0.6 is 0 Å². The monoisotopic (exact) mass is 471 g/mol. The van der Waals surface area contributed by atoms with Crippen LogP contribution in [0.4, 0.5) is 11.4 Å². The van der Waals surface area contributed by atoms with E-state index in [1.54, 1.807) is 18.2 Å². The highest BCUT2D eigenvalue weighted by molar-refractivity contribution is 6.06. The first-order valence-electron chi connectivity index (χ1n) is 12.2. The number of rotatable bonds is 9. The molecule has 2 amide bonds. The zero-order valence-electron chi connectivity index (χ0n) is 20.5. The van der Waals surface area contributed by atoms with Crippen LogP contribution < -0.4 is 15.5 Å². The van der Waals surface area contributed by atoms with Crippen molar-refractivity contribution in [2.75, 3.05) is 36.5 Å². The number of amides is 2. The molecule has 0 aliphatic carbocycles. The molecule has 1 heterocycles. The summed E-state index contributed by atoms with van der Waals surface area (Å²) in [6, 6.07) is 21.4. The molecule has 0 saturated carbocycles. The van der Waals surface area contributed by atoms with E-state index >= 15 is 0 Å². The number of carbonyl (C=O) groups is 2. The highest BCUT2D eigenvalue weighted by Crippen LogP contribution is 2.30. The van der Waals surface area contributed by atoms with Crippen LogP contribution in [0.2, 0.25) is 0 Å². The van der Waals surface area contributed by atoms with Gasteiger partial charge in [-0.15, -0.1) is 0 Å². The van der Waals surface area contributed by atoms with E-state index in [1.165, 1.54) is 11.1 Å². The molecule has 6 heteroatoms. The third kappa shape index (κ3) is 6.28. The lowest BCUT2D eigenvalue weighted by molar-refractivity contribution is 0.0943. The number of carbonyl (C=O) groups excluding carboxylic acids is 2. The van der Waals surface area contributed by atoms with Gasteiger partial charge in [-0.3, -0.25) is 9.59 Å². The van der Waals surface area contributed by atoms with Crippen molar-refractivity contribution in [3.05, 3.63) is 94.5 Å². The van der Waals surface area contributed by atoms with Gasteiger partial charge in [0.05, 0.1) is 5.56 Å². The molecule has 3 aromatic carbocycles. The van der Waals surface area contributed by atoms with Gasteiger partial charge in [-0.1, -0.05) is 42.0 Å². The van der Waals surface area contributed by atoms with E-state index in [4.69, 9.17) is 4.74 Å². The number of fused-ring (bicyclic) bond motifs is 1. The Hall–Kier alpha value is -3.64. The van der Waals surface area contributed by atoms with Crippen molar-refractivity contribution in [1.29, 1.82) is 0 Å². The molecule has 2 N–H and O–H groups in total. The molecule has 0 unspecified atom stereocenters. The normalized spacial score (nSPS) is 12.7. The predicted octanol–water partition coefficient (Wildman–Crippen LogP) is 4.97. The summed E-state index contributed by atoms with van der Waals surface area (Å²) in [7, 11) is 0. The second-order valence-corrected chi connectivity index (χ2v) is 8.80. The van der Waals surface area contributed by atoms with Crippen molar-refractivity contribution < 1.29 is 14.3 Å². The largest absolute Gasteiger partial charge is 0.382 e. The summed E-state index contributed by atoms with van der Waals surface area (Å²) >= 11 is 0. The average Bonchev–Trinajstić information content (AvgIpc) is 2.88. The number of hydrogen-bond donors (Lipinski definition) is 2. The minimum Gasteiger partial charge on any atom is -0.382 e. The van der Waals surface area contributed by atoms with E-state index in [1.807, 2.05) is 38.1 Å². The van der Waals surface area contributed by atoms with Gasteiger partial charge >= 0.3 is 0 Å². The standard InChI is InChI=1S/C29H33N3O3/c1-3-35-18-6-16-30-29(34)26-19-25(31-28(33)23-11-9-21(2)10-12-23)13-14-27(26)32-17-15-22-7-4-5-8-24(22)20-32/h4-5,7-14,19H,3,6,15-18,20H2,1-2H3,(H,30,34)(H,31,33). The lowest BCUT2D eigenvalue weighted by atomic mass is 9.98. The first-order chi connectivity index (χ1) is 17.0. The fourth-order valence-corrected chi connectivity index (χ4v) is 4.30. The van der Waals surface area contributed by atoms with Crippen LogP contribution in [-0.2, 0) is 17.7 Å². The van der Waals surface area contributed by atoms with Crippen LogP contribution in [0.5, 0.6) is 0 Å². The molecule has 0 saturated heterocycles. The number of nitrogens with zero attached hydrogens (tertiary/aromatic N) is 1. The third-order valence-electron chi connectivity index (χ3n) is 6.24. The Balaban J connectivity index is 1.56. The first-order valence-corrected chi connectivity index (χ1v) is 12.2. The molecule has 0 bridgehead atoms. The van der Waals surface area contributed by atoms with Crippen LogP contribution in [-0.4, -0.2) is 38.1 Å². The Morgan fingerprint density at radius 2 is 1.74 bits per heavy atom. The van der Waals surface area contributed by atoms with Gasteiger partial charge in [0.15, 0.2) is 0 Å².